The van der Waals surface area contributed by atoms with Gasteiger partial charge in [-0.25, -0.2) is 9.07 Å². The Morgan fingerprint density at radius 3 is 2.56 bits per heavy atom. The molecule has 6 heteroatoms. The van der Waals surface area contributed by atoms with E-state index in [4.69, 9.17) is 4.74 Å². The second-order valence-corrected chi connectivity index (χ2v) is 8.07. The number of hydrogen-bond donors (Lipinski definition) is 0. The molecule has 0 radical (unpaired) electrons. The molecule has 5 nitrogen and oxygen atoms in total. The summed E-state index contributed by atoms with van der Waals surface area (Å²) >= 11 is 0. The number of ether oxygens (including phenoxy) is 1. The van der Waals surface area contributed by atoms with E-state index in [-0.39, 0.29) is 11.7 Å². The van der Waals surface area contributed by atoms with Crippen LogP contribution in [0.5, 0.6) is 5.75 Å². The van der Waals surface area contributed by atoms with Crippen LogP contribution >= 0.6 is 0 Å². The number of fused-ring (bicyclic) bond motifs is 1. The molecular weight excluding hydrogens is 405 g/mol. The van der Waals surface area contributed by atoms with Crippen LogP contribution in [0, 0.1) is 12.7 Å². The number of nitrogens with zero attached hydrogens (tertiary/aromatic N) is 3. The van der Waals surface area contributed by atoms with Crippen LogP contribution in [0.4, 0.5) is 10.1 Å². The van der Waals surface area contributed by atoms with Gasteiger partial charge in [0.1, 0.15) is 11.3 Å². The molecule has 162 valence electrons. The molecule has 0 bridgehead atoms. The van der Waals surface area contributed by atoms with Crippen molar-refractivity contribution in [1.29, 1.82) is 0 Å². The van der Waals surface area contributed by atoms with Gasteiger partial charge in [0, 0.05) is 35.7 Å². The van der Waals surface area contributed by atoms with Crippen molar-refractivity contribution in [2.24, 2.45) is 0 Å². The lowest BCUT2D eigenvalue weighted by atomic mass is 10.0. The van der Waals surface area contributed by atoms with Crippen molar-refractivity contribution in [3.63, 3.8) is 0 Å². The van der Waals surface area contributed by atoms with Crippen molar-refractivity contribution in [2.75, 3.05) is 18.6 Å². The molecule has 1 aliphatic heterocycles. The molecule has 3 aromatic carbocycles. The van der Waals surface area contributed by atoms with Crippen LogP contribution in [0.3, 0.4) is 0 Å². The standard InChI is InChI=1S/C26H24FN3O2/c1-17-22-13-14-23(18-9-11-19(12-10-18)29-15-4-3-8-24(29)31)25(27)26(22)30(28-17)20-6-5-7-21(16-20)32-2/h5-7,9-14,16H,3-4,8,15H2,1-2H3. The first-order valence-corrected chi connectivity index (χ1v) is 10.8. The van der Waals surface area contributed by atoms with Gasteiger partial charge >= 0.3 is 0 Å². The number of aromatic nitrogens is 2. The lowest BCUT2D eigenvalue weighted by molar-refractivity contribution is -0.119. The third-order valence-corrected chi connectivity index (χ3v) is 6.08. The Morgan fingerprint density at radius 2 is 1.81 bits per heavy atom. The number of carbonyl (C=O) groups is 1. The summed E-state index contributed by atoms with van der Waals surface area (Å²) in [6.45, 7) is 2.61. The van der Waals surface area contributed by atoms with E-state index in [1.807, 2.05) is 66.4 Å². The van der Waals surface area contributed by atoms with Crippen LogP contribution in [0.25, 0.3) is 27.7 Å². The molecular formula is C26H24FN3O2. The lowest BCUT2D eigenvalue weighted by Gasteiger charge is -2.26. The molecule has 1 aromatic heterocycles. The molecule has 0 atom stereocenters. The highest BCUT2D eigenvalue weighted by molar-refractivity contribution is 5.94. The molecule has 0 unspecified atom stereocenters. The number of aryl methyl sites for hydroxylation is 1. The van der Waals surface area contributed by atoms with Gasteiger partial charge in [0.2, 0.25) is 5.91 Å². The average Bonchev–Trinajstić information content (AvgIpc) is 3.17. The normalized spacial score (nSPS) is 14.2. The van der Waals surface area contributed by atoms with Crippen LogP contribution in [-0.2, 0) is 4.79 Å². The summed E-state index contributed by atoms with van der Waals surface area (Å²) in [5.41, 5.74) is 4.04. The Bertz CT molecular complexity index is 1310. The number of methoxy groups -OCH3 is 1. The van der Waals surface area contributed by atoms with Crippen molar-refractivity contribution in [3.8, 4) is 22.6 Å². The summed E-state index contributed by atoms with van der Waals surface area (Å²) in [6, 6.07) is 18.7. The Kier molecular flexibility index (Phi) is 5.13. The van der Waals surface area contributed by atoms with Crippen LogP contribution in [0.1, 0.15) is 25.0 Å². The number of anilines is 1. The smallest absolute Gasteiger partial charge is 0.226 e. The number of halogens is 1. The molecule has 0 aliphatic carbocycles. The molecule has 2 heterocycles. The molecule has 0 saturated carbocycles. The van der Waals surface area contributed by atoms with Crippen molar-refractivity contribution < 1.29 is 13.9 Å². The summed E-state index contributed by atoms with van der Waals surface area (Å²) in [6.07, 6.45) is 2.53. The predicted molar refractivity (Wildman–Crippen MR) is 124 cm³/mol. The summed E-state index contributed by atoms with van der Waals surface area (Å²) in [7, 11) is 1.60. The summed E-state index contributed by atoms with van der Waals surface area (Å²) in [5.74, 6) is 0.505. The van der Waals surface area contributed by atoms with E-state index < -0.39 is 0 Å². The molecule has 4 aromatic rings. The van der Waals surface area contributed by atoms with Gasteiger partial charge in [0.25, 0.3) is 0 Å². The first-order valence-electron chi connectivity index (χ1n) is 10.8. The molecule has 1 saturated heterocycles. The Balaban J connectivity index is 1.58. The van der Waals surface area contributed by atoms with E-state index in [1.165, 1.54) is 0 Å². The average molecular weight is 429 g/mol. The van der Waals surface area contributed by atoms with E-state index in [0.29, 0.717) is 23.3 Å². The van der Waals surface area contributed by atoms with E-state index in [2.05, 4.69) is 5.10 Å². The third-order valence-electron chi connectivity index (χ3n) is 6.08. The second-order valence-electron chi connectivity index (χ2n) is 8.07. The van der Waals surface area contributed by atoms with Gasteiger partial charge in [-0.05, 0) is 49.6 Å². The minimum atomic E-state index is -0.326. The molecule has 1 aliphatic rings. The number of amides is 1. The van der Waals surface area contributed by atoms with E-state index in [0.717, 1.165) is 47.4 Å². The SMILES string of the molecule is COc1cccc(-n2nc(C)c3ccc(-c4ccc(N5CCCCC5=O)cc4)c(F)c32)c1. The third kappa shape index (κ3) is 3.42. The van der Waals surface area contributed by atoms with Crippen LogP contribution in [0.15, 0.2) is 60.7 Å². The number of piperidine rings is 1. The molecule has 1 amide bonds. The maximum absolute atomic E-state index is 15.9. The van der Waals surface area contributed by atoms with Crippen molar-refractivity contribution in [2.45, 2.75) is 26.2 Å². The molecule has 0 N–H and O–H groups in total. The van der Waals surface area contributed by atoms with Crippen LogP contribution in [-0.4, -0.2) is 29.3 Å². The Morgan fingerprint density at radius 1 is 1.00 bits per heavy atom. The highest BCUT2D eigenvalue weighted by Crippen LogP contribution is 2.33. The van der Waals surface area contributed by atoms with Gasteiger partial charge in [-0.1, -0.05) is 30.3 Å². The number of hydrogen-bond acceptors (Lipinski definition) is 3. The minimum absolute atomic E-state index is 0.147. The lowest BCUT2D eigenvalue weighted by Crippen LogP contribution is -2.35. The number of rotatable bonds is 4. The van der Waals surface area contributed by atoms with Crippen molar-refractivity contribution in [1.82, 2.24) is 9.78 Å². The predicted octanol–water partition coefficient (Wildman–Crippen LogP) is 5.67. The first-order chi connectivity index (χ1) is 15.6. The zero-order chi connectivity index (χ0) is 22.2. The summed E-state index contributed by atoms with van der Waals surface area (Å²) in [4.78, 5) is 14.0. The van der Waals surface area contributed by atoms with Gasteiger partial charge in [-0.15, -0.1) is 0 Å². The zero-order valence-corrected chi connectivity index (χ0v) is 18.1. The van der Waals surface area contributed by atoms with E-state index >= 15 is 4.39 Å². The van der Waals surface area contributed by atoms with Gasteiger partial charge in [0.15, 0.2) is 5.82 Å². The van der Waals surface area contributed by atoms with Gasteiger partial charge in [-0.2, -0.15) is 5.10 Å². The van der Waals surface area contributed by atoms with Crippen LogP contribution in [0.2, 0.25) is 0 Å². The number of benzene rings is 3. The Labute approximate surface area is 186 Å². The van der Waals surface area contributed by atoms with Crippen molar-refractivity contribution in [3.05, 3.63) is 72.2 Å². The summed E-state index contributed by atoms with van der Waals surface area (Å²) in [5, 5.41) is 5.36. The molecule has 1 fully saturated rings. The monoisotopic (exact) mass is 429 g/mol. The van der Waals surface area contributed by atoms with E-state index in [9.17, 15) is 4.79 Å². The first kappa shape index (κ1) is 20.2. The molecule has 32 heavy (non-hydrogen) atoms. The molecule has 0 spiro atoms. The highest BCUT2D eigenvalue weighted by atomic mass is 19.1. The fourth-order valence-corrected chi connectivity index (χ4v) is 4.37. The maximum atomic E-state index is 15.9. The van der Waals surface area contributed by atoms with Crippen LogP contribution < -0.4 is 9.64 Å². The fourth-order valence-electron chi connectivity index (χ4n) is 4.37. The quantitative estimate of drug-likeness (QED) is 0.420. The molecule has 5 rings (SSSR count). The maximum Gasteiger partial charge on any atom is 0.226 e. The van der Waals surface area contributed by atoms with Crippen molar-refractivity contribution >= 4 is 22.5 Å². The largest absolute Gasteiger partial charge is 0.497 e. The number of carbonyl (C=O) groups excluding carboxylic acids is 1. The van der Waals surface area contributed by atoms with E-state index in [1.54, 1.807) is 17.9 Å². The zero-order valence-electron chi connectivity index (χ0n) is 18.1. The second kappa shape index (κ2) is 8.11. The summed E-state index contributed by atoms with van der Waals surface area (Å²) < 4.78 is 22.8. The topological polar surface area (TPSA) is 47.4 Å². The highest BCUT2D eigenvalue weighted by Gasteiger charge is 2.21. The van der Waals surface area contributed by atoms with Gasteiger partial charge < -0.3 is 9.64 Å². The fraction of sp³-hybridized carbons (Fsp3) is 0.231. The van der Waals surface area contributed by atoms with Gasteiger partial charge in [-0.3, -0.25) is 4.79 Å². The minimum Gasteiger partial charge on any atom is -0.497 e. The van der Waals surface area contributed by atoms with Gasteiger partial charge in [0.05, 0.1) is 18.5 Å². The Hall–Kier alpha value is -3.67.